The number of benzene rings is 1. The monoisotopic (exact) mass is 246 g/mol. The van der Waals surface area contributed by atoms with Crippen LogP contribution in [0.5, 0.6) is 5.75 Å². The van der Waals surface area contributed by atoms with Crippen LogP contribution in [-0.4, -0.2) is 18.3 Å². The Kier molecular flexibility index (Phi) is 7.75. The standard InChI is InChI=1S/C16H22O2/c1-2-3-4-5-6-14-18-16-11-9-15(10-12-16)8-7-13-17/h9-12,17H,2-6,13-14H2,1H3. The Morgan fingerprint density at radius 1 is 1.06 bits per heavy atom. The molecular weight excluding hydrogens is 224 g/mol. The minimum atomic E-state index is -0.101. The van der Waals surface area contributed by atoms with Gasteiger partial charge in [0.25, 0.3) is 0 Å². The summed E-state index contributed by atoms with van der Waals surface area (Å²) in [6.07, 6.45) is 6.25. The van der Waals surface area contributed by atoms with Gasteiger partial charge in [0.1, 0.15) is 12.4 Å². The van der Waals surface area contributed by atoms with Crippen molar-refractivity contribution in [2.45, 2.75) is 39.0 Å². The molecule has 2 heteroatoms. The first-order valence-electron chi connectivity index (χ1n) is 6.69. The molecule has 0 amide bonds. The summed E-state index contributed by atoms with van der Waals surface area (Å²) < 4.78 is 5.65. The second kappa shape index (κ2) is 9.56. The fourth-order valence-corrected chi connectivity index (χ4v) is 1.67. The van der Waals surface area contributed by atoms with Gasteiger partial charge in [0, 0.05) is 5.56 Å². The van der Waals surface area contributed by atoms with Crippen molar-refractivity contribution in [2.24, 2.45) is 0 Å². The maximum atomic E-state index is 8.59. The van der Waals surface area contributed by atoms with Gasteiger partial charge in [-0.05, 0) is 30.7 Å². The van der Waals surface area contributed by atoms with Gasteiger partial charge < -0.3 is 9.84 Å². The van der Waals surface area contributed by atoms with E-state index in [4.69, 9.17) is 9.84 Å². The average molecular weight is 246 g/mol. The first kappa shape index (κ1) is 14.6. The third kappa shape index (κ3) is 6.32. The molecule has 0 radical (unpaired) electrons. The molecule has 2 nitrogen and oxygen atoms in total. The summed E-state index contributed by atoms with van der Waals surface area (Å²) >= 11 is 0. The zero-order valence-corrected chi connectivity index (χ0v) is 11.1. The zero-order chi connectivity index (χ0) is 13.1. The highest BCUT2D eigenvalue weighted by molar-refractivity contribution is 5.38. The maximum absolute atomic E-state index is 8.59. The van der Waals surface area contributed by atoms with E-state index < -0.39 is 0 Å². The molecule has 0 aliphatic rings. The van der Waals surface area contributed by atoms with Gasteiger partial charge in [-0.15, -0.1) is 0 Å². The normalized spacial score (nSPS) is 9.67. The lowest BCUT2D eigenvalue weighted by Crippen LogP contribution is -1.97. The van der Waals surface area contributed by atoms with E-state index in [-0.39, 0.29) is 6.61 Å². The van der Waals surface area contributed by atoms with Crippen molar-refractivity contribution in [1.82, 2.24) is 0 Å². The van der Waals surface area contributed by atoms with E-state index in [9.17, 15) is 0 Å². The van der Waals surface area contributed by atoms with Crippen molar-refractivity contribution in [3.05, 3.63) is 29.8 Å². The second-order valence-corrected chi connectivity index (χ2v) is 4.25. The second-order valence-electron chi connectivity index (χ2n) is 4.25. The molecule has 0 aliphatic heterocycles. The number of unbranched alkanes of at least 4 members (excludes halogenated alkanes) is 4. The van der Waals surface area contributed by atoms with Gasteiger partial charge in [-0.1, -0.05) is 44.4 Å². The molecule has 0 unspecified atom stereocenters. The average Bonchev–Trinajstić information content (AvgIpc) is 2.42. The molecule has 1 aromatic carbocycles. The highest BCUT2D eigenvalue weighted by atomic mass is 16.5. The van der Waals surface area contributed by atoms with E-state index in [1.807, 2.05) is 24.3 Å². The SMILES string of the molecule is CCCCCCCOc1ccc(C#CCO)cc1. The van der Waals surface area contributed by atoms with Crippen LogP contribution >= 0.6 is 0 Å². The molecule has 0 saturated carbocycles. The molecule has 0 saturated heterocycles. The first-order valence-corrected chi connectivity index (χ1v) is 6.69. The Hall–Kier alpha value is -1.46. The zero-order valence-electron chi connectivity index (χ0n) is 11.1. The van der Waals surface area contributed by atoms with E-state index in [0.717, 1.165) is 24.3 Å². The first-order chi connectivity index (χ1) is 8.86. The third-order valence-corrected chi connectivity index (χ3v) is 2.68. The van der Waals surface area contributed by atoms with Crippen LogP contribution in [0.1, 0.15) is 44.6 Å². The van der Waals surface area contributed by atoms with Crippen LogP contribution in [0.15, 0.2) is 24.3 Å². The van der Waals surface area contributed by atoms with Crippen LogP contribution < -0.4 is 4.74 Å². The van der Waals surface area contributed by atoms with Gasteiger partial charge in [-0.3, -0.25) is 0 Å². The molecule has 0 spiro atoms. The number of ether oxygens (including phenoxy) is 1. The summed E-state index contributed by atoms with van der Waals surface area (Å²) in [6, 6.07) is 7.67. The Labute approximate surface area is 110 Å². The Morgan fingerprint density at radius 2 is 1.78 bits per heavy atom. The van der Waals surface area contributed by atoms with Crippen LogP contribution in [0.3, 0.4) is 0 Å². The van der Waals surface area contributed by atoms with Gasteiger partial charge in [0.15, 0.2) is 0 Å². The third-order valence-electron chi connectivity index (χ3n) is 2.68. The van der Waals surface area contributed by atoms with Crippen molar-refractivity contribution in [2.75, 3.05) is 13.2 Å². The molecule has 0 heterocycles. The van der Waals surface area contributed by atoms with Crippen molar-refractivity contribution < 1.29 is 9.84 Å². The molecule has 1 aromatic rings. The van der Waals surface area contributed by atoms with E-state index in [0.29, 0.717) is 0 Å². The van der Waals surface area contributed by atoms with Crippen LogP contribution in [0.2, 0.25) is 0 Å². The predicted molar refractivity (Wildman–Crippen MR) is 74.7 cm³/mol. The largest absolute Gasteiger partial charge is 0.494 e. The van der Waals surface area contributed by atoms with E-state index >= 15 is 0 Å². The maximum Gasteiger partial charge on any atom is 0.119 e. The lowest BCUT2D eigenvalue weighted by atomic mass is 10.2. The van der Waals surface area contributed by atoms with Crippen LogP contribution in [0, 0.1) is 11.8 Å². The van der Waals surface area contributed by atoms with E-state index in [2.05, 4.69) is 18.8 Å². The predicted octanol–water partition coefficient (Wildman–Crippen LogP) is 3.38. The summed E-state index contributed by atoms with van der Waals surface area (Å²) in [5.74, 6) is 6.37. The quantitative estimate of drug-likeness (QED) is 0.590. The molecular formula is C16H22O2. The molecule has 1 N–H and O–H groups in total. The number of aliphatic hydroxyl groups is 1. The van der Waals surface area contributed by atoms with Crippen LogP contribution in [-0.2, 0) is 0 Å². The Morgan fingerprint density at radius 3 is 2.44 bits per heavy atom. The minimum Gasteiger partial charge on any atom is -0.494 e. The smallest absolute Gasteiger partial charge is 0.119 e. The van der Waals surface area contributed by atoms with Crippen molar-refractivity contribution in [3.8, 4) is 17.6 Å². The summed E-state index contributed by atoms with van der Waals surface area (Å²) in [5, 5.41) is 8.59. The molecule has 1 rings (SSSR count). The fourth-order valence-electron chi connectivity index (χ4n) is 1.67. The molecule has 0 aliphatic carbocycles. The molecule has 0 fully saturated rings. The van der Waals surface area contributed by atoms with Crippen LogP contribution in [0.25, 0.3) is 0 Å². The Bertz CT molecular complexity index is 370. The number of aliphatic hydroxyl groups excluding tert-OH is 1. The van der Waals surface area contributed by atoms with Gasteiger partial charge in [0.2, 0.25) is 0 Å². The molecule has 0 aromatic heterocycles. The van der Waals surface area contributed by atoms with Crippen molar-refractivity contribution in [3.63, 3.8) is 0 Å². The fraction of sp³-hybridized carbons (Fsp3) is 0.500. The summed E-state index contributed by atoms with van der Waals surface area (Å²) in [6.45, 7) is 2.90. The molecule has 98 valence electrons. The summed E-state index contributed by atoms with van der Waals surface area (Å²) in [5.41, 5.74) is 0.902. The van der Waals surface area contributed by atoms with Crippen molar-refractivity contribution in [1.29, 1.82) is 0 Å². The van der Waals surface area contributed by atoms with E-state index in [1.54, 1.807) is 0 Å². The van der Waals surface area contributed by atoms with Gasteiger partial charge >= 0.3 is 0 Å². The highest BCUT2D eigenvalue weighted by Gasteiger charge is 1.94. The number of hydrogen-bond acceptors (Lipinski definition) is 2. The lowest BCUT2D eigenvalue weighted by Gasteiger charge is -2.05. The van der Waals surface area contributed by atoms with Gasteiger partial charge in [-0.2, -0.15) is 0 Å². The lowest BCUT2D eigenvalue weighted by molar-refractivity contribution is 0.304. The topological polar surface area (TPSA) is 29.5 Å². The summed E-state index contributed by atoms with van der Waals surface area (Å²) in [7, 11) is 0. The highest BCUT2D eigenvalue weighted by Crippen LogP contribution is 2.12. The number of hydrogen-bond donors (Lipinski definition) is 1. The van der Waals surface area contributed by atoms with Crippen molar-refractivity contribution >= 4 is 0 Å². The van der Waals surface area contributed by atoms with Crippen LogP contribution in [0.4, 0.5) is 0 Å². The van der Waals surface area contributed by atoms with Gasteiger partial charge in [0.05, 0.1) is 6.61 Å². The van der Waals surface area contributed by atoms with E-state index in [1.165, 1.54) is 25.7 Å². The molecule has 0 bridgehead atoms. The summed E-state index contributed by atoms with van der Waals surface area (Å²) in [4.78, 5) is 0. The van der Waals surface area contributed by atoms with Gasteiger partial charge in [-0.25, -0.2) is 0 Å². The molecule has 0 atom stereocenters. The number of rotatable bonds is 7. The minimum absolute atomic E-state index is 0.101. The Balaban J connectivity index is 2.22. The molecule has 18 heavy (non-hydrogen) atoms.